The highest BCUT2D eigenvalue weighted by Gasteiger charge is 2.14. The Balaban J connectivity index is 1.28. The van der Waals surface area contributed by atoms with Crippen molar-refractivity contribution in [3.63, 3.8) is 0 Å². The van der Waals surface area contributed by atoms with Crippen LogP contribution in [-0.2, 0) is 13.0 Å². The third kappa shape index (κ3) is 4.35. The van der Waals surface area contributed by atoms with Crippen LogP contribution in [0.2, 0.25) is 5.02 Å². The van der Waals surface area contributed by atoms with Gasteiger partial charge in [0.1, 0.15) is 0 Å². The van der Waals surface area contributed by atoms with Crippen LogP contribution < -0.4 is 5.32 Å². The molecule has 0 saturated heterocycles. The molecule has 3 aromatic carbocycles. The van der Waals surface area contributed by atoms with Crippen molar-refractivity contribution >= 4 is 76.2 Å². The maximum Gasteiger partial charge on any atom is 0.0843 e. The van der Waals surface area contributed by atoms with Gasteiger partial charge < -0.3 is 20.0 Å². The Morgan fingerprint density at radius 3 is 2.31 bits per heavy atom. The zero-order valence-electron chi connectivity index (χ0n) is 17.2. The molecule has 0 aliphatic carbocycles. The number of aromatic nitrogens is 2. The molecule has 3 N–H and O–H groups in total. The van der Waals surface area contributed by atoms with E-state index in [0.29, 0.717) is 13.1 Å². The van der Waals surface area contributed by atoms with E-state index < -0.39 is 6.10 Å². The molecule has 0 aliphatic heterocycles. The lowest BCUT2D eigenvalue weighted by molar-refractivity contribution is 0.154. The largest absolute Gasteiger partial charge is 0.390 e. The van der Waals surface area contributed by atoms with Crippen molar-refractivity contribution in [1.82, 2.24) is 14.9 Å². The fourth-order valence-corrected chi connectivity index (χ4v) is 5.26. The average Bonchev–Trinajstić information content (AvgIpc) is 3.29. The minimum absolute atomic E-state index is 0.501. The maximum atomic E-state index is 10.8. The van der Waals surface area contributed by atoms with Gasteiger partial charge in [0, 0.05) is 59.4 Å². The molecule has 2 heterocycles. The first kappa shape index (κ1) is 22.0. The molecule has 1 atom stereocenters. The van der Waals surface area contributed by atoms with Crippen LogP contribution in [0.5, 0.6) is 0 Å². The SMILES string of the molecule is OC(CNCCc1c[nH]c2ccc(Cl)cc12)Cn1c2ccc(Br)cc2c2cc(Br)ccc21. The summed E-state index contributed by atoms with van der Waals surface area (Å²) < 4.78 is 4.30. The predicted octanol–water partition coefficient (Wildman–Crippen LogP) is 6.65. The van der Waals surface area contributed by atoms with E-state index in [9.17, 15) is 5.11 Å². The number of aliphatic hydroxyl groups excluding tert-OH is 1. The van der Waals surface area contributed by atoms with Crippen molar-refractivity contribution in [1.29, 1.82) is 0 Å². The smallest absolute Gasteiger partial charge is 0.0843 e. The van der Waals surface area contributed by atoms with E-state index in [1.54, 1.807) is 0 Å². The van der Waals surface area contributed by atoms with Gasteiger partial charge in [-0.2, -0.15) is 0 Å². The normalized spacial score (nSPS) is 12.9. The number of hydrogen-bond acceptors (Lipinski definition) is 2. The van der Waals surface area contributed by atoms with Crippen molar-refractivity contribution in [2.45, 2.75) is 19.1 Å². The average molecular weight is 576 g/mol. The first-order valence-electron chi connectivity index (χ1n) is 10.5. The maximum absolute atomic E-state index is 10.8. The second-order valence-corrected chi connectivity index (χ2v) is 10.3. The molecule has 5 aromatic rings. The monoisotopic (exact) mass is 573 g/mol. The molecule has 4 nitrogen and oxygen atoms in total. The first-order valence-corrected chi connectivity index (χ1v) is 12.5. The molecule has 0 fully saturated rings. The fourth-order valence-electron chi connectivity index (χ4n) is 4.37. The molecule has 32 heavy (non-hydrogen) atoms. The number of nitrogens with one attached hydrogen (secondary N) is 2. The summed E-state index contributed by atoms with van der Waals surface area (Å²) in [5, 5.41) is 18.4. The molecule has 1 unspecified atom stereocenters. The van der Waals surface area contributed by atoms with Crippen molar-refractivity contribution in [2.75, 3.05) is 13.1 Å². The third-order valence-electron chi connectivity index (χ3n) is 5.86. The Kier molecular flexibility index (Phi) is 6.32. The minimum atomic E-state index is -0.501. The van der Waals surface area contributed by atoms with Crippen molar-refractivity contribution in [2.24, 2.45) is 0 Å². The predicted molar refractivity (Wildman–Crippen MR) is 141 cm³/mol. The standard InChI is InChI=1S/C25H22Br2ClN3O/c26-16-1-5-24-21(9-16)22-10-17(27)2-6-25(22)31(24)14-19(32)13-29-8-7-15-12-30-23-4-3-18(28)11-20(15)23/h1-6,9-12,19,29-30,32H,7-8,13-14H2. The van der Waals surface area contributed by atoms with Crippen LogP contribution in [0.25, 0.3) is 32.7 Å². The molecule has 7 heteroatoms. The summed E-state index contributed by atoms with van der Waals surface area (Å²) in [6.07, 6.45) is 2.40. The minimum Gasteiger partial charge on any atom is -0.390 e. The number of aromatic amines is 1. The van der Waals surface area contributed by atoms with Crippen LogP contribution in [0.1, 0.15) is 5.56 Å². The number of halogens is 3. The molecule has 0 aliphatic rings. The molecule has 0 spiro atoms. The Morgan fingerprint density at radius 2 is 1.62 bits per heavy atom. The second kappa shape index (κ2) is 9.20. The summed E-state index contributed by atoms with van der Waals surface area (Å²) in [6, 6.07) is 18.5. The van der Waals surface area contributed by atoms with Gasteiger partial charge in [-0.25, -0.2) is 0 Å². The number of H-pyrrole nitrogens is 1. The van der Waals surface area contributed by atoms with E-state index in [2.05, 4.69) is 71.0 Å². The van der Waals surface area contributed by atoms with Gasteiger partial charge in [0.15, 0.2) is 0 Å². The summed E-state index contributed by atoms with van der Waals surface area (Å²) >= 11 is 13.3. The lowest BCUT2D eigenvalue weighted by Crippen LogP contribution is -2.31. The second-order valence-electron chi connectivity index (χ2n) is 8.05. The Hall–Kier alpha value is -1.83. The van der Waals surface area contributed by atoms with E-state index in [1.165, 1.54) is 16.3 Å². The quantitative estimate of drug-likeness (QED) is 0.191. The summed E-state index contributed by atoms with van der Waals surface area (Å²) in [5.74, 6) is 0. The van der Waals surface area contributed by atoms with Crippen LogP contribution >= 0.6 is 43.5 Å². The lowest BCUT2D eigenvalue weighted by Gasteiger charge is -2.15. The van der Waals surface area contributed by atoms with Crippen LogP contribution in [-0.4, -0.2) is 33.9 Å². The summed E-state index contributed by atoms with van der Waals surface area (Å²) in [5.41, 5.74) is 4.56. The molecule has 0 saturated carbocycles. The highest BCUT2D eigenvalue weighted by molar-refractivity contribution is 9.10. The zero-order valence-corrected chi connectivity index (χ0v) is 21.1. The first-order chi connectivity index (χ1) is 15.5. The number of hydrogen-bond donors (Lipinski definition) is 3. The molecule has 2 aromatic heterocycles. The Bertz CT molecular complexity index is 1370. The summed E-state index contributed by atoms with van der Waals surface area (Å²) in [4.78, 5) is 3.29. The van der Waals surface area contributed by atoms with Gasteiger partial charge in [0.2, 0.25) is 0 Å². The van der Waals surface area contributed by atoms with Gasteiger partial charge >= 0.3 is 0 Å². The Labute approximate surface area is 207 Å². The van der Waals surface area contributed by atoms with Gasteiger partial charge in [-0.15, -0.1) is 0 Å². The lowest BCUT2D eigenvalue weighted by atomic mass is 10.1. The summed E-state index contributed by atoms with van der Waals surface area (Å²) in [6.45, 7) is 1.83. The van der Waals surface area contributed by atoms with E-state index in [-0.39, 0.29) is 0 Å². The van der Waals surface area contributed by atoms with E-state index >= 15 is 0 Å². The number of nitrogens with zero attached hydrogens (tertiary/aromatic N) is 1. The number of benzene rings is 3. The van der Waals surface area contributed by atoms with Crippen molar-refractivity contribution < 1.29 is 5.11 Å². The van der Waals surface area contributed by atoms with Crippen molar-refractivity contribution in [3.05, 3.63) is 80.3 Å². The highest BCUT2D eigenvalue weighted by Crippen LogP contribution is 2.33. The van der Waals surface area contributed by atoms with Gasteiger partial charge in [0.05, 0.1) is 12.6 Å². The van der Waals surface area contributed by atoms with Gasteiger partial charge in [0.25, 0.3) is 0 Å². The molecule has 0 radical (unpaired) electrons. The van der Waals surface area contributed by atoms with E-state index in [0.717, 1.165) is 48.9 Å². The number of aliphatic hydroxyl groups is 1. The van der Waals surface area contributed by atoms with Gasteiger partial charge in [-0.05, 0) is 73.1 Å². The Morgan fingerprint density at radius 1 is 0.938 bits per heavy atom. The topological polar surface area (TPSA) is 53.0 Å². The van der Waals surface area contributed by atoms with Gasteiger partial charge in [-0.3, -0.25) is 0 Å². The van der Waals surface area contributed by atoms with Gasteiger partial charge in [-0.1, -0.05) is 43.5 Å². The van der Waals surface area contributed by atoms with Crippen LogP contribution in [0.4, 0.5) is 0 Å². The molecule has 0 amide bonds. The molecular weight excluding hydrogens is 554 g/mol. The number of fused-ring (bicyclic) bond motifs is 4. The van der Waals surface area contributed by atoms with E-state index in [4.69, 9.17) is 11.6 Å². The summed E-state index contributed by atoms with van der Waals surface area (Å²) in [7, 11) is 0. The highest BCUT2D eigenvalue weighted by atomic mass is 79.9. The number of rotatable bonds is 7. The third-order valence-corrected chi connectivity index (χ3v) is 7.08. The zero-order chi connectivity index (χ0) is 22.2. The molecule has 5 rings (SSSR count). The molecule has 0 bridgehead atoms. The fraction of sp³-hybridized carbons (Fsp3) is 0.200. The van der Waals surface area contributed by atoms with Crippen LogP contribution in [0.3, 0.4) is 0 Å². The molecular formula is C25H22Br2ClN3O. The van der Waals surface area contributed by atoms with Crippen LogP contribution in [0.15, 0.2) is 69.7 Å². The van der Waals surface area contributed by atoms with E-state index in [1.807, 2.05) is 36.5 Å². The molecule has 164 valence electrons. The van der Waals surface area contributed by atoms with Crippen molar-refractivity contribution in [3.8, 4) is 0 Å². The van der Waals surface area contributed by atoms with Crippen LogP contribution in [0, 0.1) is 0 Å².